The summed E-state index contributed by atoms with van der Waals surface area (Å²) in [6, 6.07) is 1.68. The number of carbonyl (C=O) groups excluding carboxylic acids is 1. The summed E-state index contributed by atoms with van der Waals surface area (Å²) in [4.78, 5) is 36.7. The number of amides is 1. The largest absolute Gasteiger partial charge is 0.346 e. The maximum atomic E-state index is 12.6. The Morgan fingerprint density at radius 1 is 1.32 bits per heavy atom. The predicted octanol–water partition coefficient (Wildman–Crippen LogP) is 1.65. The molecule has 3 heterocycles. The number of aromatic amines is 2. The molecule has 1 saturated heterocycles. The lowest BCUT2D eigenvalue weighted by Crippen LogP contribution is -2.33. The van der Waals surface area contributed by atoms with Crippen molar-refractivity contribution in [3.63, 3.8) is 0 Å². The van der Waals surface area contributed by atoms with Gasteiger partial charge in [0.1, 0.15) is 11.4 Å². The number of nitrogens with zero attached hydrogens (tertiary/aromatic N) is 2. The van der Waals surface area contributed by atoms with Gasteiger partial charge in [0.15, 0.2) is 0 Å². The first-order chi connectivity index (χ1) is 10.5. The van der Waals surface area contributed by atoms with E-state index in [1.807, 2.05) is 20.8 Å². The molecule has 0 bridgehead atoms. The molecule has 0 unspecified atom stereocenters. The summed E-state index contributed by atoms with van der Waals surface area (Å²) in [7, 11) is 0. The third kappa shape index (κ3) is 2.56. The molecule has 0 aliphatic carbocycles. The molecule has 6 nitrogen and oxygen atoms in total. The SMILES string of the molecule is Cc1cnc([C@@H]2CCN(C(=O)c3cc(C)c(C)[nH]c3=O)C2)[nH]1. The monoisotopic (exact) mass is 300 g/mol. The zero-order chi connectivity index (χ0) is 15.9. The van der Waals surface area contributed by atoms with Crippen LogP contribution in [0.15, 0.2) is 17.1 Å². The molecule has 0 aromatic carbocycles. The van der Waals surface area contributed by atoms with Crippen LogP contribution in [0.1, 0.15) is 45.5 Å². The fourth-order valence-electron chi connectivity index (χ4n) is 2.86. The first kappa shape index (κ1) is 14.6. The number of rotatable bonds is 2. The molecule has 2 aromatic rings. The number of likely N-dealkylation sites (tertiary alicyclic amines) is 1. The molecule has 116 valence electrons. The van der Waals surface area contributed by atoms with Gasteiger partial charge in [0.2, 0.25) is 0 Å². The summed E-state index contributed by atoms with van der Waals surface area (Å²) in [6.45, 7) is 6.92. The number of nitrogens with one attached hydrogen (secondary N) is 2. The Bertz CT molecular complexity index is 775. The molecular formula is C16H20N4O2. The van der Waals surface area contributed by atoms with E-state index in [-0.39, 0.29) is 22.9 Å². The second kappa shape index (κ2) is 5.44. The topological polar surface area (TPSA) is 81.8 Å². The minimum atomic E-state index is -0.314. The van der Waals surface area contributed by atoms with Gasteiger partial charge < -0.3 is 14.9 Å². The number of imidazole rings is 1. The minimum Gasteiger partial charge on any atom is -0.346 e. The van der Waals surface area contributed by atoms with Gasteiger partial charge in [-0.25, -0.2) is 4.98 Å². The second-order valence-electron chi connectivity index (χ2n) is 6.01. The van der Waals surface area contributed by atoms with E-state index in [1.54, 1.807) is 17.2 Å². The molecular weight excluding hydrogens is 280 g/mol. The van der Waals surface area contributed by atoms with Crippen LogP contribution in [0.5, 0.6) is 0 Å². The lowest BCUT2D eigenvalue weighted by Gasteiger charge is -2.16. The van der Waals surface area contributed by atoms with Crippen LogP contribution >= 0.6 is 0 Å². The third-order valence-electron chi connectivity index (χ3n) is 4.31. The van der Waals surface area contributed by atoms with Crippen LogP contribution in [0.2, 0.25) is 0 Å². The molecule has 1 fully saturated rings. The highest BCUT2D eigenvalue weighted by atomic mass is 16.2. The summed E-state index contributed by atoms with van der Waals surface area (Å²) in [5.74, 6) is 0.931. The number of hydrogen-bond acceptors (Lipinski definition) is 3. The van der Waals surface area contributed by atoms with Crippen molar-refractivity contribution in [2.75, 3.05) is 13.1 Å². The van der Waals surface area contributed by atoms with E-state index in [9.17, 15) is 9.59 Å². The van der Waals surface area contributed by atoms with Crippen molar-refractivity contribution >= 4 is 5.91 Å². The van der Waals surface area contributed by atoms with E-state index < -0.39 is 0 Å². The van der Waals surface area contributed by atoms with Gasteiger partial charge in [0, 0.05) is 36.6 Å². The molecule has 1 amide bonds. The van der Waals surface area contributed by atoms with Crippen molar-refractivity contribution in [1.29, 1.82) is 0 Å². The van der Waals surface area contributed by atoms with Crippen LogP contribution in [0.25, 0.3) is 0 Å². The number of aromatic nitrogens is 3. The lowest BCUT2D eigenvalue weighted by molar-refractivity contribution is 0.0788. The third-order valence-corrected chi connectivity index (χ3v) is 4.31. The van der Waals surface area contributed by atoms with Crippen molar-refractivity contribution in [2.24, 2.45) is 0 Å². The van der Waals surface area contributed by atoms with Gasteiger partial charge in [-0.15, -0.1) is 0 Å². The minimum absolute atomic E-state index is 0.199. The van der Waals surface area contributed by atoms with Gasteiger partial charge in [-0.05, 0) is 38.8 Å². The Morgan fingerprint density at radius 2 is 2.09 bits per heavy atom. The Kier molecular flexibility index (Phi) is 3.60. The Hall–Kier alpha value is -2.37. The molecule has 22 heavy (non-hydrogen) atoms. The Morgan fingerprint density at radius 3 is 2.77 bits per heavy atom. The quantitative estimate of drug-likeness (QED) is 0.885. The van der Waals surface area contributed by atoms with Gasteiger partial charge in [-0.1, -0.05) is 0 Å². The molecule has 0 radical (unpaired) electrons. The summed E-state index contributed by atoms with van der Waals surface area (Å²) in [5, 5.41) is 0. The van der Waals surface area contributed by atoms with Crippen LogP contribution in [-0.2, 0) is 0 Å². The fourth-order valence-corrected chi connectivity index (χ4v) is 2.86. The molecule has 2 N–H and O–H groups in total. The van der Waals surface area contributed by atoms with E-state index >= 15 is 0 Å². The maximum Gasteiger partial charge on any atom is 0.261 e. The zero-order valence-corrected chi connectivity index (χ0v) is 13.1. The predicted molar refractivity (Wildman–Crippen MR) is 83.1 cm³/mol. The summed E-state index contributed by atoms with van der Waals surface area (Å²) in [5.41, 5.74) is 2.64. The highest BCUT2D eigenvalue weighted by Gasteiger charge is 2.30. The fraction of sp³-hybridized carbons (Fsp3) is 0.438. The van der Waals surface area contributed by atoms with Crippen LogP contribution in [0, 0.1) is 20.8 Å². The molecule has 1 aliphatic heterocycles. The molecule has 1 aliphatic rings. The summed E-state index contributed by atoms with van der Waals surface area (Å²) in [6.07, 6.45) is 2.66. The maximum absolute atomic E-state index is 12.6. The van der Waals surface area contributed by atoms with Crippen molar-refractivity contribution in [1.82, 2.24) is 19.9 Å². The smallest absolute Gasteiger partial charge is 0.261 e. The van der Waals surface area contributed by atoms with Gasteiger partial charge >= 0.3 is 0 Å². The summed E-state index contributed by atoms with van der Waals surface area (Å²) >= 11 is 0. The van der Waals surface area contributed by atoms with E-state index in [0.717, 1.165) is 29.2 Å². The van der Waals surface area contributed by atoms with Gasteiger partial charge in [-0.2, -0.15) is 0 Å². The zero-order valence-electron chi connectivity index (χ0n) is 13.1. The highest BCUT2D eigenvalue weighted by Crippen LogP contribution is 2.25. The number of carbonyl (C=O) groups is 1. The van der Waals surface area contributed by atoms with Crippen molar-refractivity contribution in [3.8, 4) is 0 Å². The van der Waals surface area contributed by atoms with Gasteiger partial charge in [0.05, 0.1) is 0 Å². The number of pyridine rings is 1. The summed E-state index contributed by atoms with van der Waals surface area (Å²) < 4.78 is 0. The van der Waals surface area contributed by atoms with Crippen molar-refractivity contribution in [3.05, 3.63) is 51.0 Å². The first-order valence-corrected chi connectivity index (χ1v) is 7.47. The lowest BCUT2D eigenvalue weighted by atomic mass is 10.1. The van der Waals surface area contributed by atoms with Gasteiger partial charge in [0.25, 0.3) is 11.5 Å². The van der Waals surface area contributed by atoms with Crippen LogP contribution in [-0.4, -0.2) is 38.8 Å². The molecule has 0 saturated carbocycles. The molecule has 1 atom stereocenters. The molecule has 0 spiro atoms. The van der Waals surface area contributed by atoms with Crippen LogP contribution in [0.3, 0.4) is 0 Å². The number of H-pyrrole nitrogens is 2. The van der Waals surface area contributed by atoms with Gasteiger partial charge in [-0.3, -0.25) is 9.59 Å². The van der Waals surface area contributed by atoms with E-state index in [1.165, 1.54) is 0 Å². The molecule has 3 rings (SSSR count). The number of aryl methyl sites for hydroxylation is 3. The normalized spacial score (nSPS) is 18.0. The van der Waals surface area contributed by atoms with Crippen LogP contribution < -0.4 is 5.56 Å². The molecule has 6 heteroatoms. The van der Waals surface area contributed by atoms with E-state index in [4.69, 9.17) is 0 Å². The Balaban J connectivity index is 1.80. The standard InChI is InChI=1S/C16H20N4O2/c1-9-6-13(15(21)19-11(9)3)16(22)20-5-4-12(8-20)14-17-7-10(2)18-14/h6-7,12H,4-5,8H2,1-3H3,(H,17,18)(H,19,21)/t12-/m1/s1. The first-order valence-electron chi connectivity index (χ1n) is 7.47. The van der Waals surface area contributed by atoms with Crippen molar-refractivity contribution < 1.29 is 4.79 Å². The van der Waals surface area contributed by atoms with Crippen LogP contribution in [0.4, 0.5) is 0 Å². The van der Waals surface area contributed by atoms with Crippen molar-refractivity contribution in [2.45, 2.75) is 33.1 Å². The highest BCUT2D eigenvalue weighted by molar-refractivity contribution is 5.94. The van der Waals surface area contributed by atoms with E-state index in [0.29, 0.717) is 13.1 Å². The number of hydrogen-bond donors (Lipinski definition) is 2. The molecule has 2 aromatic heterocycles. The average molecular weight is 300 g/mol. The van der Waals surface area contributed by atoms with E-state index in [2.05, 4.69) is 15.0 Å². The second-order valence-corrected chi connectivity index (χ2v) is 6.01. The average Bonchev–Trinajstić information content (AvgIpc) is 3.10. The Labute approximate surface area is 128 Å².